The fourth-order valence-electron chi connectivity index (χ4n) is 2.10. The van der Waals surface area contributed by atoms with E-state index >= 15 is 0 Å². The molecule has 0 aliphatic carbocycles. The molecule has 2 rings (SSSR count). The Morgan fingerprint density at radius 3 is 2.54 bits per heavy atom. The number of thioether (sulfide) groups is 1. The molecule has 0 spiro atoms. The van der Waals surface area contributed by atoms with E-state index in [1.165, 1.54) is 30.8 Å². The second kappa shape index (κ2) is 8.85. The lowest BCUT2D eigenvalue weighted by Gasteiger charge is -2.16. The Balaban J connectivity index is 1.90. The van der Waals surface area contributed by atoms with Gasteiger partial charge in [-0.2, -0.15) is 0 Å². The number of carbonyl (C=O) groups is 2. The molecule has 2 aromatic rings. The van der Waals surface area contributed by atoms with Gasteiger partial charge in [0.25, 0.3) is 0 Å². The molecule has 0 aliphatic heterocycles. The highest BCUT2D eigenvalue weighted by Crippen LogP contribution is 2.23. The Morgan fingerprint density at radius 1 is 1.21 bits per heavy atom. The van der Waals surface area contributed by atoms with Gasteiger partial charge in [0.2, 0.25) is 5.91 Å². The zero-order valence-corrected chi connectivity index (χ0v) is 14.7. The van der Waals surface area contributed by atoms with Crippen molar-refractivity contribution in [3.05, 3.63) is 64.9 Å². The molecule has 24 heavy (non-hydrogen) atoms. The van der Waals surface area contributed by atoms with Crippen molar-refractivity contribution in [2.24, 2.45) is 0 Å². The molecular weight excluding hydrogens is 349 g/mol. The minimum Gasteiger partial charge on any atom is -0.345 e. The van der Waals surface area contributed by atoms with E-state index in [0.29, 0.717) is 11.3 Å². The van der Waals surface area contributed by atoms with Gasteiger partial charge in [-0.15, -0.1) is 11.8 Å². The molecule has 0 fully saturated rings. The van der Waals surface area contributed by atoms with Gasteiger partial charge < -0.3 is 5.32 Å². The first-order valence-corrected chi connectivity index (χ1v) is 8.73. The number of hydrogen-bond acceptors (Lipinski definition) is 3. The van der Waals surface area contributed by atoms with Gasteiger partial charge >= 0.3 is 0 Å². The third kappa shape index (κ3) is 5.65. The number of hydrogen-bond donors (Lipinski definition) is 1. The topological polar surface area (TPSA) is 46.2 Å². The number of Topliss-reactive ketones (excluding diaryl/α,β-unsaturated/α-hetero) is 1. The third-order valence-electron chi connectivity index (χ3n) is 3.37. The molecule has 0 unspecified atom stereocenters. The Morgan fingerprint density at radius 2 is 1.92 bits per heavy atom. The number of carbonyl (C=O) groups excluding carboxylic acids is 2. The molecule has 1 amide bonds. The van der Waals surface area contributed by atoms with Crippen molar-refractivity contribution < 1.29 is 14.0 Å². The van der Waals surface area contributed by atoms with E-state index in [4.69, 9.17) is 11.6 Å². The van der Waals surface area contributed by atoms with Crippen LogP contribution in [0.1, 0.15) is 12.5 Å². The summed E-state index contributed by atoms with van der Waals surface area (Å²) < 4.78 is 13.1. The first-order chi connectivity index (χ1) is 11.5. The van der Waals surface area contributed by atoms with Crippen molar-refractivity contribution in [1.29, 1.82) is 0 Å². The fourth-order valence-corrected chi connectivity index (χ4v) is 3.09. The zero-order chi connectivity index (χ0) is 17.5. The molecule has 0 radical (unpaired) electrons. The summed E-state index contributed by atoms with van der Waals surface area (Å²) in [6.07, 6.45) is 0.453. The monoisotopic (exact) mass is 365 g/mol. The molecule has 0 bridgehead atoms. The summed E-state index contributed by atoms with van der Waals surface area (Å²) >= 11 is 6.95. The van der Waals surface area contributed by atoms with Crippen LogP contribution in [0.3, 0.4) is 0 Å². The van der Waals surface area contributed by atoms with Crippen LogP contribution >= 0.6 is 23.4 Å². The van der Waals surface area contributed by atoms with E-state index < -0.39 is 11.9 Å². The molecule has 126 valence electrons. The van der Waals surface area contributed by atoms with E-state index in [1.807, 2.05) is 30.3 Å². The molecule has 0 heterocycles. The molecular formula is C18H17ClFNO2S. The molecule has 1 atom stereocenters. The van der Waals surface area contributed by atoms with Gasteiger partial charge in [0.05, 0.1) is 16.8 Å². The van der Waals surface area contributed by atoms with Crippen LogP contribution < -0.4 is 5.32 Å². The Kier molecular flexibility index (Phi) is 6.82. The van der Waals surface area contributed by atoms with Gasteiger partial charge in [0.15, 0.2) is 5.78 Å². The average molecular weight is 366 g/mol. The SMILES string of the molecule is CC(=O)[C@H](Cc1ccccc1)NC(=O)CSc1ccc(F)c(Cl)c1. The standard InChI is InChI=1S/C18H17ClFNO2S/c1-12(22)17(9-13-5-3-2-4-6-13)21-18(23)11-24-14-7-8-16(20)15(19)10-14/h2-8,10,17H,9,11H2,1H3,(H,21,23)/t17-/m0/s1. The summed E-state index contributed by atoms with van der Waals surface area (Å²) in [5.74, 6) is -0.718. The minimum absolute atomic E-state index is 0.0195. The molecule has 0 aliphatic rings. The number of ketones is 1. The summed E-state index contributed by atoms with van der Waals surface area (Å²) in [7, 11) is 0. The van der Waals surface area contributed by atoms with E-state index in [0.717, 1.165) is 5.56 Å². The lowest BCUT2D eigenvalue weighted by molar-refractivity contribution is -0.125. The lowest BCUT2D eigenvalue weighted by Crippen LogP contribution is -2.42. The molecule has 1 N–H and O–H groups in total. The Hall–Kier alpha value is -1.85. The second-order valence-electron chi connectivity index (χ2n) is 5.29. The number of amides is 1. The van der Waals surface area contributed by atoms with E-state index in [9.17, 15) is 14.0 Å². The van der Waals surface area contributed by atoms with Crippen molar-refractivity contribution in [2.75, 3.05) is 5.75 Å². The second-order valence-corrected chi connectivity index (χ2v) is 6.74. The van der Waals surface area contributed by atoms with E-state index in [1.54, 1.807) is 6.07 Å². The van der Waals surface area contributed by atoms with E-state index in [2.05, 4.69) is 5.32 Å². The van der Waals surface area contributed by atoms with Gasteiger partial charge in [-0.3, -0.25) is 9.59 Å². The first-order valence-electron chi connectivity index (χ1n) is 7.37. The average Bonchev–Trinajstić information content (AvgIpc) is 2.56. The van der Waals surface area contributed by atoms with Crippen LogP contribution in [0.5, 0.6) is 0 Å². The van der Waals surface area contributed by atoms with E-state index in [-0.39, 0.29) is 22.5 Å². The molecule has 0 saturated heterocycles. The summed E-state index contributed by atoms with van der Waals surface area (Å²) in [6, 6.07) is 13.2. The third-order valence-corrected chi connectivity index (χ3v) is 4.65. The van der Waals surface area contributed by atoms with Gasteiger partial charge in [0, 0.05) is 4.90 Å². The van der Waals surface area contributed by atoms with Gasteiger partial charge in [0.1, 0.15) is 5.82 Å². The maximum Gasteiger partial charge on any atom is 0.230 e. The summed E-state index contributed by atoms with van der Waals surface area (Å²) in [6.45, 7) is 1.46. The maximum absolute atomic E-state index is 13.1. The maximum atomic E-state index is 13.1. The highest BCUT2D eigenvalue weighted by atomic mass is 35.5. The summed E-state index contributed by atoms with van der Waals surface area (Å²) in [4.78, 5) is 24.5. The number of rotatable bonds is 7. The predicted molar refractivity (Wildman–Crippen MR) is 94.9 cm³/mol. The minimum atomic E-state index is -0.558. The van der Waals surface area contributed by atoms with Crippen molar-refractivity contribution in [3.8, 4) is 0 Å². The first kappa shape index (κ1) is 18.5. The normalized spacial score (nSPS) is 11.8. The molecule has 3 nitrogen and oxygen atoms in total. The molecule has 0 aromatic heterocycles. The smallest absolute Gasteiger partial charge is 0.230 e. The van der Waals surface area contributed by atoms with Crippen LogP contribution in [0, 0.1) is 5.82 Å². The van der Waals surface area contributed by atoms with Crippen LogP contribution in [0.4, 0.5) is 4.39 Å². The largest absolute Gasteiger partial charge is 0.345 e. The van der Waals surface area contributed by atoms with Crippen LogP contribution in [0.2, 0.25) is 5.02 Å². The number of benzene rings is 2. The van der Waals surface area contributed by atoms with Crippen molar-refractivity contribution in [1.82, 2.24) is 5.32 Å². The van der Waals surface area contributed by atoms with Gasteiger partial charge in [-0.1, -0.05) is 41.9 Å². The van der Waals surface area contributed by atoms with Crippen LogP contribution in [-0.4, -0.2) is 23.5 Å². The highest BCUT2D eigenvalue weighted by molar-refractivity contribution is 8.00. The highest BCUT2D eigenvalue weighted by Gasteiger charge is 2.17. The van der Waals surface area contributed by atoms with Crippen LogP contribution in [0.25, 0.3) is 0 Å². The summed E-state index contributed by atoms with van der Waals surface area (Å²) in [5, 5.41) is 2.76. The lowest BCUT2D eigenvalue weighted by atomic mass is 10.0. The number of nitrogens with one attached hydrogen (secondary N) is 1. The molecule has 6 heteroatoms. The Bertz CT molecular complexity index is 724. The quantitative estimate of drug-likeness (QED) is 0.757. The van der Waals surface area contributed by atoms with Crippen molar-refractivity contribution in [2.45, 2.75) is 24.3 Å². The zero-order valence-electron chi connectivity index (χ0n) is 13.1. The van der Waals surface area contributed by atoms with Crippen molar-refractivity contribution >= 4 is 35.1 Å². The molecule has 0 saturated carbocycles. The predicted octanol–water partition coefficient (Wildman–Crippen LogP) is 3.89. The fraction of sp³-hybridized carbons (Fsp3) is 0.222. The number of halogens is 2. The van der Waals surface area contributed by atoms with Gasteiger partial charge in [-0.25, -0.2) is 4.39 Å². The summed E-state index contributed by atoms with van der Waals surface area (Å²) in [5.41, 5.74) is 0.982. The van der Waals surface area contributed by atoms with Crippen LogP contribution in [0.15, 0.2) is 53.4 Å². The molecule has 2 aromatic carbocycles. The van der Waals surface area contributed by atoms with Gasteiger partial charge in [-0.05, 0) is 37.1 Å². The van der Waals surface area contributed by atoms with Crippen LogP contribution in [-0.2, 0) is 16.0 Å². The van der Waals surface area contributed by atoms with Crippen molar-refractivity contribution in [3.63, 3.8) is 0 Å². The Labute approximate surface area is 149 Å².